The van der Waals surface area contributed by atoms with Crippen LogP contribution in [-0.2, 0) is 4.74 Å². The van der Waals surface area contributed by atoms with E-state index in [2.05, 4.69) is 11.7 Å². The second kappa shape index (κ2) is 5.53. The van der Waals surface area contributed by atoms with Crippen LogP contribution in [0, 0.1) is 11.8 Å². The Hall–Kier alpha value is -0.180. The van der Waals surface area contributed by atoms with Crippen molar-refractivity contribution in [1.82, 2.24) is 0 Å². The van der Waals surface area contributed by atoms with Gasteiger partial charge in [-0.3, -0.25) is 0 Å². The average molecular weight is 202 g/mol. The summed E-state index contributed by atoms with van der Waals surface area (Å²) in [5, 5.41) is -0.137. The fourth-order valence-corrected chi connectivity index (χ4v) is 2.53. The van der Waals surface area contributed by atoms with E-state index in [0.29, 0.717) is 0 Å². The highest BCUT2D eigenvalue weighted by Crippen LogP contribution is 2.40. The second-order valence-electron chi connectivity index (χ2n) is 3.65. The number of hydrogen-bond acceptors (Lipinski definition) is 3. The Kier molecular flexibility index (Phi) is 4.64. The van der Waals surface area contributed by atoms with E-state index < -0.39 is 0 Å². The number of methoxy groups -OCH3 is 1. The standard InChI is InChI=1S/C10H18O2S/c1-3-4-9(8-5-6-8)7-13-10(11)12-2/h8-9H,3-7H2,1-2H3. The van der Waals surface area contributed by atoms with Crippen LogP contribution in [0.3, 0.4) is 0 Å². The van der Waals surface area contributed by atoms with Gasteiger partial charge >= 0.3 is 5.30 Å². The molecular weight excluding hydrogens is 184 g/mol. The molecule has 76 valence electrons. The zero-order valence-corrected chi connectivity index (χ0v) is 9.23. The molecule has 0 heterocycles. The van der Waals surface area contributed by atoms with Crippen LogP contribution in [0.25, 0.3) is 0 Å². The van der Waals surface area contributed by atoms with Crippen molar-refractivity contribution < 1.29 is 9.53 Å². The largest absolute Gasteiger partial charge is 0.461 e. The molecule has 0 aromatic rings. The normalized spacial score (nSPS) is 18.3. The lowest BCUT2D eigenvalue weighted by Gasteiger charge is -2.13. The van der Waals surface area contributed by atoms with Crippen molar-refractivity contribution in [2.24, 2.45) is 11.8 Å². The van der Waals surface area contributed by atoms with Crippen molar-refractivity contribution in [2.75, 3.05) is 12.9 Å². The van der Waals surface area contributed by atoms with E-state index >= 15 is 0 Å². The van der Waals surface area contributed by atoms with Gasteiger partial charge in [0.15, 0.2) is 0 Å². The fraction of sp³-hybridized carbons (Fsp3) is 0.900. The molecule has 2 nitrogen and oxygen atoms in total. The summed E-state index contributed by atoms with van der Waals surface area (Å²) in [6.45, 7) is 2.21. The molecule has 1 fully saturated rings. The van der Waals surface area contributed by atoms with Crippen LogP contribution in [-0.4, -0.2) is 18.2 Å². The lowest BCUT2D eigenvalue weighted by Crippen LogP contribution is -2.08. The summed E-state index contributed by atoms with van der Waals surface area (Å²) < 4.78 is 4.60. The van der Waals surface area contributed by atoms with Gasteiger partial charge in [-0.1, -0.05) is 13.3 Å². The van der Waals surface area contributed by atoms with Gasteiger partial charge in [0, 0.05) is 5.75 Å². The number of thioether (sulfide) groups is 1. The van der Waals surface area contributed by atoms with E-state index in [0.717, 1.165) is 17.6 Å². The minimum Gasteiger partial charge on any atom is -0.461 e. The maximum atomic E-state index is 10.9. The first-order valence-corrected chi connectivity index (χ1v) is 5.97. The molecule has 1 aliphatic carbocycles. The fourth-order valence-electron chi connectivity index (χ4n) is 1.63. The van der Waals surface area contributed by atoms with Gasteiger partial charge in [-0.15, -0.1) is 0 Å². The Morgan fingerprint density at radius 2 is 2.31 bits per heavy atom. The Bertz CT molecular complexity index is 166. The first-order chi connectivity index (χ1) is 6.27. The smallest absolute Gasteiger partial charge is 0.367 e. The van der Waals surface area contributed by atoms with Crippen molar-refractivity contribution >= 4 is 17.1 Å². The third-order valence-corrected chi connectivity index (χ3v) is 3.53. The van der Waals surface area contributed by atoms with E-state index in [4.69, 9.17) is 0 Å². The average Bonchev–Trinajstić information content (AvgIpc) is 2.94. The van der Waals surface area contributed by atoms with Crippen LogP contribution in [0.4, 0.5) is 4.79 Å². The van der Waals surface area contributed by atoms with E-state index in [1.54, 1.807) is 0 Å². The molecule has 0 radical (unpaired) electrons. The molecule has 0 aromatic carbocycles. The minimum absolute atomic E-state index is 0.137. The molecule has 0 bridgehead atoms. The van der Waals surface area contributed by atoms with Gasteiger partial charge < -0.3 is 4.74 Å². The third-order valence-electron chi connectivity index (χ3n) is 2.53. The van der Waals surface area contributed by atoms with E-state index in [1.807, 2.05) is 0 Å². The Morgan fingerprint density at radius 1 is 1.62 bits per heavy atom. The van der Waals surface area contributed by atoms with Gasteiger partial charge in [-0.25, -0.2) is 4.79 Å². The van der Waals surface area contributed by atoms with Crippen molar-refractivity contribution in [3.63, 3.8) is 0 Å². The van der Waals surface area contributed by atoms with Crippen molar-refractivity contribution in [2.45, 2.75) is 32.6 Å². The van der Waals surface area contributed by atoms with Crippen molar-refractivity contribution in [3.05, 3.63) is 0 Å². The van der Waals surface area contributed by atoms with Gasteiger partial charge in [0.05, 0.1) is 7.11 Å². The summed E-state index contributed by atoms with van der Waals surface area (Å²) in [4.78, 5) is 10.9. The summed E-state index contributed by atoms with van der Waals surface area (Å²) in [5.74, 6) is 2.59. The molecule has 0 amide bonds. The molecule has 0 spiro atoms. The number of carbonyl (C=O) groups excluding carboxylic acids is 1. The van der Waals surface area contributed by atoms with Gasteiger partial charge in [-0.2, -0.15) is 0 Å². The summed E-state index contributed by atoms with van der Waals surface area (Å²) in [7, 11) is 1.45. The monoisotopic (exact) mass is 202 g/mol. The molecule has 13 heavy (non-hydrogen) atoms. The number of ether oxygens (including phenoxy) is 1. The van der Waals surface area contributed by atoms with Crippen LogP contribution in [0.15, 0.2) is 0 Å². The lowest BCUT2D eigenvalue weighted by atomic mass is 10.0. The van der Waals surface area contributed by atoms with Crippen LogP contribution in [0.5, 0.6) is 0 Å². The summed E-state index contributed by atoms with van der Waals surface area (Å²) >= 11 is 1.33. The van der Waals surface area contributed by atoms with Crippen LogP contribution in [0.2, 0.25) is 0 Å². The number of hydrogen-bond donors (Lipinski definition) is 0. The van der Waals surface area contributed by atoms with Crippen LogP contribution >= 0.6 is 11.8 Å². The van der Waals surface area contributed by atoms with Crippen molar-refractivity contribution in [1.29, 1.82) is 0 Å². The highest BCUT2D eigenvalue weighted by molar-refractivity contribution is 8.13. The number of rotatable bonds is 5. The Labute approximate surface area is 84.4 Å². The predicted molar refractivity (Wildman–Crippen MR) is 56.0 cm³/mol. The highest BCUT2D eigenvalue weighted by Gasteiger charge is 2.30. The van der Waals surface area contributed by atoms with E-state index in [-0.39, 0.29) is 5.30 Å². The molecule has 1 unspecified atom stereocenters. The molecule has 0 saturated heterocycles. The zero-order chi connectivity index (χ0) is 9.68. The SMILES string of the molecule is CCCC(CSC(=O)OC)C1CC1. The van der Waals surface area contributed by atoms with E-state index in [1.165, 1.54) is 44.6 Å². The first-order valence-electron chi connectivity index (χ1n) is 4.98. The maximum Gasteiger partial charge on any atom is 0.367 e. The third kappa shape index (κ3) is 4.03. The molecule has 0 aliphatic heterocycles. The maximum absolute atomic E-state index is 10.9. The summed E-state index contributed by atoms with van der Waals surface area (Å²) in [6, 6.07) is 0. The van der Waals surface area contributed by atoms with Gasteiger partial charge in [0.25, 0.3) is 0 Å². The van der Waals surface area contributed by atoms with Gasteiger partial charge in [-0.05, 0) is 42.9 Å². The van der Waals surface area contributed by atoms with Crippen molar-refractivity contribution in [3.8, 4) is 0 Å². The van der Waals surface area contributed by atoms with Crippen LogP contribution in [0.1, 0.15) is 32.6 Å². The lowest BCUT2D eigenvalue weighted by molar-refractivity contribution is 0.200. The molecule has 3 heteroatoms. The molecule has 1 rings (SSSR count). The van der Waals surface area contributed by atoms with E-state index in [9.17, 15) is 4.79 Å². The predicted octanol–water partition coefficient (Wildman–Crippen LogP) is 3.31. The minimum atomic E-state index is -0.137. The molecule has 1 atom stereocenters. The Balaban J connectivity index is 2.17. The molecule has 0 aromatic heterocycles. The van der Waals surface area contributed by atoms with Crippen LogP contribution < -0.4 is 0 Å². The molecule has 1 saturated carbocycles. The molecule has 1 aliphatic rings. The Morgan fingerprint density at radius 3 is 2.77 bits per heavy atom. The number of carbonyl (C=O) groups is 1. The van der Waals surface area contributed by atoms with Gasteiger partial charge in [0.2, 0.25) is 0 Å². The molecular formula is C10H18O2S. The second-order valence-corrected chi connectivity index (χ2v) is 4.61. The molecule has 0 N–H and O–H groups in total. The summed E-state index contributed by atoms with van der Waals surface area (Å²) in [5.41, 5.74) is 0. The first kappa shape index (κ1) is 10.9. The summed E-state index contributed by atoms with van der Waals surface area (Å²) in [6.07, 6.45) is 5.22. The highest BCUT2D eigenvalue weighted by atomic mass is 32.2. The zero-order valence-electron chi connectivity index (χ0n) is 8.41. The topological polar surface area (TPSA) is 26.3 Å². The quantitative estimate of drug-likeness (QED) is 0.640. The van der Waals surface area contributed by atoms with Gasteiger partial charge in [0.1, 0.15) is 0 Å².